The molecule has 10 heteroatoms. The number of rotatable bonds is 8. The summed E-state index contributed by atoms with van der Waals surface area (Å²) in [4.78, 5) is 44.7. The Morgan fingerprint density at radius 3 is 2.49 bits per heavy atom. The van der Waals surface area contributed by atoms with Crippen LogP contribution in [0, 0.1) is 12.7 Å². The average Bonchev–Trinajstić information content (AvgIpc) is 3.40. The van der Waals surface area contributed by atoms with Crippen LogP contribution in [-0.4, -0.2) is 41.0 Å². The maximum absolute atomic E-state index is 13.5. The molecule has 2 aromatic carbocycles. The van der Waals surface area contributed by atoms with Crippen molar-refractivity contribution in [3.63, 3.8) is 0 Å². The molecule has 1 aliphatic heterocycles. The van der Waals surface area contributed by atoms with E-state index in [1.165, 1.54) is 18.2 Å². The Morgan fingerprint density at radius 1 is 1.19 bits per heavy atom. The van der Waals surface area contributed by atoms with Crippen LogP contribution in [-0.2, 0) is 14.3 Å². The largest absolute Gasteiger partial charge is 0.507 e. The van der Waals surface area contributed by atoms with Gasteiger partial charge in [-0.1, -0.05) is 36.1 Å². The Labute approximate surface area is 216 Å². The van der Waals surface area contributed by atoms with Crippen molar-refractivity contribution >= 4 is 39.9 Å². The molecule has 0 aliphatic carbocycles. The number of aliphatic hydroxyl groups is 1. The van der Waals surface area contributed by atoms with E-state index in [4.69, 9.17) is 9.47 Å². The van der Waals surface area contributed by atoms with Crippen molar-refractivity contribution in [3.8, 4) is 5.75 Å². The van der Waals surface area contributed by atoms with Crippen LogP contribution in [0.2, 0.25) is 0 Å². The first-order chi connectivity index (χ1) is 17.8. The maximum Gasteiger partial charge on any atom is 0.350 e. The minimum atomic E-state index is -1.07. The maximum atomic E-state index is 13.5. The van der Waals surface area contributed by atoms with Gasteiger partial charge in [-0.3, -0.25) is 14.5 Å². The van der Waals surface area contributed by atoms with Crippen LogP contribution in [0.3, 0.4) is 0 Å². The normalized spacial score (nSPS) is 16.6. The molecule has 1 amide bonds. The highest BCUT2D eigenvalue weighted by atomic mass is 32.1. The topological polar surface area (TPSA) is 106 Å². The van der Waals surface area contributed by atoms with Crippen LogP contribution >= 0.6 is 11.3 Å². The molecule has 3 aromatic rings. The number of esters is 1. The van der Waals surface area contributed by atoms with Gasteiger partial charge in [0.05, 0.1) is 23.9 Å². The second kappa shape index (κ2) is 10.8. The summed E-state index contributed by atoms with van der Waals surface area (Å²) < 4.78 is 24.1. The molecule has 1 N–H and O–H groups in total. The van der Waals surface area contributed by atoms with Crippen molar-refractivity contribution < 1.29 is 33.4 Å². The molecule has 37 heavy (non-hydrogen) atoms. The lowest BCUT2D eigenvalue weighted by molar-refractivity contribution is -0.132. The zero-order chi connectivity index (χ0) is 26.7. The van der Waals surface area contributed by atoms with Crippen molar-refractivity contribution in [2.24, 2.45) is 0 Å². The summed E-state index contributed by atoms with van der Waals surface area (Å²) in [6.45, 7) is 7.39. The third-order valence-electron chi connectivity index (χ3n) is 5.58. The number of nitrogens with zero attached hydrogens (tertiary/aromatic N) is 2. The summed E-state index contributed by atoms with van der Waals surface area (Å²) in [5.41, 5.74) is 0.790. The number of aliphatic hydroxyl groups excluding tert-OH is 1. The Morgan fingerprint density at radius 2 is 1.86 bits per heavy atom. The van der Waals surface area contributed by atoms with E-state index in [1.54, 1.807) is 31.2 Å². The van der Waals surface area contributed by atoms with E-state index in [0.717, 1.165) is 28.4 Å². The lowest BCUT2D eigenvalue weighted by Crippen LogP contribution is -2.29. The van der Waals surface area contributed by atoms with E-state index in [2.05, 4.69) is 11.6 Å². The number of anilines is 1. The molecule has 1 atom stereocenters. The van der Waals surface area contributed by atoms with Crippen molar-refractivity contribution in [3.05, 3.63) is 94.3 Å². The number of hydrogen-bond donors (Lipinski definition) is 1. The summed E-state index contributed by atoms with van der Waals surface area (Å²) in [5, 5.41) is 11.2. The van der Waals surface area contributed by atoms with E-state index >= 15 is 0 Å². The first-order valence-electron chi connectivity index (χ1n) is 11.3. The molecule has 2 heterocycles. The number of benzene rings is 2. The molecule has 1 aromatic heterocycles. The highest BCUT2D eigenvalue weighted by Gasteiger charge is 2.48. The van der Waals surface area contributed by atoms with E-state index in [0.29, 0.717) is 23.6 Å². The Balaban J connectivity index is 1.86. The van der Waals surface area contributed by atoms with Gasteiger partial charge in [-0.15, -0.1) is 0 Å². The highest BCUT2D eigenvalue weighted by molar-refractivity contribution is 7.17. The van der Waals surface area contributed by atoms with Crippen LogP contribution < -0.4 is 9.64 Å². The van der Waals surface area contributed by atoms with Gasteiger partial charge in [-0.25, -0.2) is 14.2 Å². The van der Waals surface area contributed by atoms with E-state index in [-0.39, 0.29) is 27.8 Å². The Bertz CT molecular complexity index is 1400. The van der Waals surface area contributed by atoms with Gasteiger partial charge >= 0.3 is 11.9 Å². The van der Waals surface area contributed by atoms with E-state index in [1.807, 2.05) is 6.92 Å². The van der Waals surface area contributed by atoms with Gasteiger partial charge in [0, 0.05) is 5.56 Å². The number of hydrogen-bond acceptors (Lipinski definition) is 8. The first-order valence-corrected chi connectivity index (χ1v) is 12.1. The fourth-order valence-corrected chi connectivity index (χ4v) is 4.88. The lowest BCUT2D eigenvalue weighted by Gasteiger charge is -2.23. The molecule has 0 radical (unpaired) electrons. The number of aromatic nitrogens is 1. The zero-order valence-corrected chi connectivity index (χ0v) is 20.9. The zero-order valence-electron chi connectivity index (χ0n) is 20.1. The van der Waals surface area contributed by atoms with Crippen LogP contribution in [0.5, 0.6) is 5.75 Å². The van der Waals surface area contributed by atoms with Crippen LogP contribution in [0.25, 0.3) is 5.76 Å². The van der Waals surface area contributed by atoms with Gasteiger partial charge in [-0.05, 0) is 55.8 Å². The molecule has 1 unspecified atom stereocenters. The second-order valence-corrected chi connectivity index (χ2v) is 8.95. The predicted octanol–water partition coefficient (Wildman–Crippen LogP) is 4.96. The number of thiazole rings is 1. The molecule has 4 rings (SSSR count). The van der Waals surface area contributed by atoms with Gasteiger partial charge in [0.2, 0.25) is 0 Å². The summed E-state index contributed by atoms with van der Waals surface area (Å²) in [5.74, 6) is -2.90. The smallest absolute Gasteiger partial charge is 0.350 e. The predicted molar refractivity (Wildman–Crippen MR) is 136 cm³/mol. The number of amides is 1. The lowest BCUT2D eigenvalue weighted by atomic mass is 9.95. The molecule has 1 fully saturated rings. The molecular weight excluding hydrogens is 499 g/mol. The summed E-state index contributed by atoms with van der Waals surface area (Å²) >= 11 is 0.897. The monoisotopic (exact) mass is 522 g/mol. The number of aryl methyl sites for hydroxylation is 1. The average molecular weight is 523 g/mol. The quantitative estimate of drug-likeness (QED) is 0.147. The molecule has 0 saturated carbocycles. The van der Waals surface area contributed by atoms with E-state index < -0.39 is 35.3 Å². The second-order valence-electron chi connectivity index (χ2n) is 7.98. The molecule has 8 nitrogen and oxygen atoms in total. The molecule has 190 valence electrons. The van der Waals surface area contributed by atoms with E-state index in [9.17, 15) is 23.9 Å². The highest BCUT2D eigenvalue weighted by Crippen LogP contribution is 2.44. The number of carbonyl (C=O) groups excluding carboxylic acids is 3. The fourth-order valence-electron chi connectivity index (χ4n) is 3.90. The number of ether oxygens (including phenoxy) is 2. The number of carbonyl (C=O) groups is 3. The van der Waals surface area contributed by atoms with Crippen LogP contribution in [0.15, 0.2) is 66.8 Å². The van der Waals surface area contributed by atoms with Gasteiger partial charge in [0.15, 0.2) is 5.13 Å². The molecule has 0 bridgehead atoms. The van der Waals surface area contributed by atoms with Crippen molar-refractivity contribution in [1.29, 1.82) is 0 Å². The molecular formula is C27H23FN2O6S. The van der Waals surface area contributed by atoms with Gasteiger partial charge in [-0.2, -0.15) is 0 Å². The standard InChI is InChI=1S/C27H23FN2O6S/c1-4-14-36-26(34)24-15(3)29-27(37-24)30-21(16-8-12-19(13-9-16)35-5-2)20(23(32)25(30)33)22(31)17-6-10-18(28)11-7-17/h4,6-13,21,31H,1,5,14H2,2-3H3/b22-20-. The van der Waals surface area contributed by atoms with Gasteiger partial charge < -0.3 is 14.6 Å². The summed E-state index contributed by atoms with van der Waals surface area (Å²) in [7, 11) is 0. The van der Waals surface area contributed by atoms with Crippen molar-refractivity contribution in [1.82, 2.24) is 4.98 Å². The number of halogens is 1. The summed E-state index contributed by atoms with van der Waals surface area (Å²) in [6.07, 6.45) is 1.43. The van der Waals surface area contributed by atoms with Gasteiger partial charge in [0.25, 0.3) is 5.78 Å². The van der Waals surface area contributed by atoms with Crippen LogP contribution in [0.1, 0.15) is 39.5 Å². The fraction of sp³-hybridized carbons (Fsp3) is 0.185. The minimum absolute atomic E-state index is 0.000129. The van der Waals surface area contributed by atoms with Crippen molar-refractivity contribution in [2.45, 2.75) is 19.9 Å². The molecule has 1 aliphatic rings. The first kappa shape index (κ1) is 25.8. The van der Waals surface area contributed by atoms with Crippen LogP contribution in [0.4, 0.5) is 9.52 Å². The Kier molecular flexibility index (Phi) is 7.49. The van der Waals surface area contributed by atoms with Crippen molar-refractivity contribution in [2.75, 3.05) is 18.1 Å². The minimum Gasteiger partial charge on any atom is -0.507 e. The Hall–Kier alpha value is -4.31. The summed E-state index contributed by atoms with van der Waals surface area (Å²) in [6, 6.07) is 10.6. The number of ketones is 1. The molecule has 1 saturated heterocycles. The SMILES string of the molecule is C=CCOC(=O)c1sc(N2C(=O)C(=O)/C(=C(\O)c3ccc(F)cc3)C2c2ccc(OCC)cc2)nc1C. The van der Waals surface area contributed by atoms with Gasteiger partial charge in [0.1, 0.15) is 28.8 Å². The molecule has 0 spiro atoms. The third-order valence-corrected chi connectivity index (χ3v) is 6.71. The number of Topliss-reactive ketones (excluding diaryl/α,β-unsaturated/α-hetero) is 1. The third kappa shape index (κ3) is 5.01.